The summed E-state index contributed by atoms with van der Waals surface area (Å²) >= 11 is 0. The third-order valence-corrected chi connectivity index (χ3v) is 5.96. The van der Waals surface area contributed by atoms with Crippen molar-refractivity contribution in [1.29, 1.82) is 0 Å². The van der Waals surface area contributed by atoms with E-state index in [0.29, 0.717) is 29.1 Å². The molecule has 2 aliphatic carbocycles. The van der Waals surface area contributed by atoms with Crippen LogP contribution in [0.2, 0.25) is 0 Å². The molecule has 2 fully saturated rings. The molecule has 1 N–H and O–H groups in total. The lowest BCUT2D eigenvalue weighted by molar-refractivity contribution is -0.0168. The molecule has 0 aliphatic heterocycles. The second kappa shape index (κ2) is 5.73. The number of methoxy groups -OCH3 is 1. The molecule has 0 aromatic heterocycles. The fourth-order valence-corrected chi connectivity index (χ4v) is 5.06. The topological polar surface area (TPSA) is 55.8 Å². The monoisotopic (exact) mass is 318 g/mol. The number of aromatic hydroxyl groups is 1. The van der Waals surface area contributed by atoms with Gasteiger partial charge in [-0.3, -0.25) is 0 Å². The first-order valence-electron chi connectivity index (χ1n) is 8.44. The minimum atomic E-state index is -0.329. The van der Waals surface area contributed by atoms with Crippen LogP contribution < -0.4 is 4.74 Å². The maximum absolute atomic E-state index is 12.5. The Balaban J connectivity index is 1.77. The normalized spacial score (nSPS) is 32.3. The summed E-state index contributed by atoms with van der Waals surface area (Å²) in [6.45, 7) is 6.83. The zero-order valence-electron chi connectivity index (χ0n) is 14.3. The Hall–Kier alpha value is -1.71. The van der Waals surface area contributed by atoms with E-state index >= 15 is 0 Å². The Morgan fingerprint density at radius 2 is 2.13 bits per heavy atom. The number of fused-ring (bicyclic) bond motifs is 2. The van der Waals surface area contributed by atoms with Gasteiger partial charge in [0.1, 0.15) is 6.10 Å². The highest BCUT2D eigenvalue weighted by Gasteiger charge is 2.58. The van der Waals surface area contributed by atoms with E-state index in [1.165, 1.54) is 25.7 Å². The summed E-state index contributed by atoms with van der Waals surface area (Å²) in [4.78, 5) is 12.5. The van der Waals surface area contributed by atoms with Crippen LogP contribution in [0, 0.1) is 23.2 Å². The standard InChI is InChI=1S/C19H26O4/c1-11(2)17-12-7-8-19(17,3)16(10-12)23-18(21)13-5-6-14(20)15(9-13)22-4/h5-6,9,11-12,16-17,20H,7-8,10H2,1-4H3/t12?,16-,17?,19?/m1/s1. The first-order valence-corrected chi connectivity index (χ1v) is 8.44. The number of esters is 1. The van der Waals surface area contributed by atoms with Gasteiger partial charge in [0.2, 0.25) is 0 Å². The number of ether oxygens (including phenoxy) is 2. The molecule has 4 atom stereocenters. The molecule has 3 unspecified atom stereocenters. The van der Waals surface area contributed by atoms with Crippen molar-refractivity contribution >= 4 is 5.97 Å². The van der Waals surface area contributed by atoms with E-state index in [9.17, 15) is 9.90 Å². The average Bonchev–Trinajstić information content (AvgIpc) is 2.97. The smallest absolute Gasteiger partial charge is 0.338 e. The molecule has 2 saturated carbocycles. The third-order valence-electron chi connectivity index (χ3n) is 5.96. The van der Waals surface area contributed by atoms with Crippen LogP contribution in [-0.2, 0) is 4.74 Å². The Labute approximate surface area is 137 Å². The Morgan fingerprint density at radius 3 is 2.74 bits per heavy atom. The lowest BCUT2D eigenvalue weighted by Gasteiger charge is -2.35. The molecule has 1 aromatic carbocycles. The summed E-state index contributed by atoms with van der Waals surface area (Å²) in [6.07, 6.45) is 3.35. The quantitative estimate of drug-likeness (QED) is 0.852. The molecule has 0 saturated heterocycles. The molecular weight excluding hydrogens is 292 g/mol. The van der Waals surface area contributed by atoms with E-state index in [1.807, 2.05) is 0 Å². The number of hydrogen-bond acceptors (Lipinski definition) is 4. The molecule has 3 rings (SSSR count). The minimum Gasteiger partial charge on any atom is -0.504 e. The number of phenolic OH excluding ortho intramolecular Hbond substituents is 1. The maximum atomic E-state index is 12.5. The van der Waals surface area contributed by atoms with Gasteiger partial charge in [0.25, 0.3) is 0 Å². The highest BCUT2D eigenvalue weighted by molar-refractivity contribution is 5.90. The van der Waals surface area contributed by atoms with E-state index in [0.717, 1.165) is 12.8 Å². The minimum absolute atomic E-state index is 0.0130. The second-order valence-corrected chi connectivity index (χ2v) is 7.59. The van der Waals surface area contributed by atoms with Gasteiger partial charge in [-0.05, 0) is 55.2 Å². The summed E-state index contributed by atoms with van der Waals surface area (Å²) in [5, 5.41) is 9.65. The molecule has 0 spiro atoms. The summed E-state index contributed by atoms with van der Waals surface area (Å²) in [5.74, 6) is 1.91. The second-order valence-electron chi connectivity index (χ2n) is 7.59. The highest BCUT2D eigenvalue weighted by atomic mass is 16.5. The summed E-state index contributed by atoms with van der Waals surface area (Å²) < 4.78 is 10.9. The van der Waals surface area contributed by atoms with Gasteiger partial charge in [0, 0.05) is 5.41 Å². The molecular formula is C19H26O4. The van der Waals surface area contributed by atoms with Crippen LogP contribution in [0.4, 0.5) is 0 Å². The zero-order chi connectivity index (χ0) is 16.8. The van der Waals surface area contributed by atoms with Gasteiger partial charge >= 0.3 is 5.97 Å². The van der Waals surface area contributed by atoms with Gasteiger partial charge < -0.3 is 14.6 Å². The summed E-state index contributed by atoms with van der Waals surface area (Å²) in [7, 11) is 1.47. The maximum Gasteiger partial charge on any atom is 0.338 e. The van der Waals surface area contributed by atoms with E-state index < -0.39 is 0 Å². The third kappa shape index (κ3) is 2.58. The molecule has 0 radical (unpaired) electrons. The lowest BCUT2D eigenvalue weighted by atomic mass is 9.74. The van der Waals surface area contributed by atoms with Crippen LogP contribution in [-0.4, -0.2) is 24.3 Å². The summed E-state index contributed by atoms with van der Waals surface area (Å²) in [5.41, 5.74) is 0.516. The molecule has 23 heavy (non-hydrogen) atoms. The van der Waals surface area contributed by atoms with Gasteiger partial charge in [-0.2, -0.15) is 0 Å². The Bertz CT molecular complexity index is 609. The SMILES string of the molecule is COc1cc(C(=O)O[C@@H]2CC3CCC2(C)C3C(C)C)ccc1O. The molecule has 2 aliphatic rings. The number of phenols is 1. The molecule has 0 amide bonds. The highest BCUT2D eigenvalue weighted by Crippen LogP contribution is 2.61. The Kier molecular flexibility index (Phi) is 4.03. The van der Waals surface area contributed by atoms with Crippen molar-refractivity contribution in [2.75, 3.05) is 7.11 Å². The average molecular weight is 318 g/mol. The molecule has 4 nitrogen and oxygen atoms in total. The molecule has 1 aromatic rings. The van der Waals surface area contributed by atoms with Crippen LogP contribution in [0.15, 0.2) is 18.2 Å². The van der Waals surface area contributed by atoms with Gasteiger partial charge in [-0.25, -0.2) is 4.79 Å². The van der Waals surface area contributed by atoms with Crippen LogP contribution in [0.1, 0.15) is 50.4 Å². The first-order chi connectivity index (χ1) is 10.9. The van der Waals surface area contributed by atoms with Crippen LogP contribution in [0.3, 0.4) is 0 Å². The van der Waals surface area contributed by atoms with Gasteiger partial charge in [0.05, 0.1) is 12.7 Å². The predicted octanol–water partition coefficient (Wildman–Crippen LogP) is 4.02. The van der Waals surface area contributed by atoms with E-state index in [1.54, 1.807) is 6.07 Å². The largest absolute Gasteiger partial charge is 0.504 e. The molecule has 4 heteroatoms. The van der Waals surface area contributed by atoms with Crippen LogP contribution in [0.25, 0.3) is 0 Å². The number of rotatable bonds is 4. The van der Waals surface area contributed by atoms with E-state index in [-0.39, 0.29) is 23.2 Å². The van der Waals surface area contributed by atoms with Crippen LogP contribution >= 0.6 is 0 Å². The predicted molar refractivity (Wildman–Crippen MR) is 87.6 cm³/mol. The zero-order valence-corrected chi connectivity index (χ0v) is 14.3. The summed E-state index contributed by atoms with van der Waals surface area (Å²) in [6, 6.07) is 4.58. The van der Waals surface area contributed by atoms with Crippen molar-refractivity contribution in [3.63, 3.8) is 0 Å². The van der Waals surface area contributed by atoms with Crippen molar-refractivity contribution in [2.24, 2.45) is 23.2 Å². The van der Waals surface area contributed by atoms with Crippen LogP contribution in [0.5, 0.6) is 11.5 Å². The van der Waals surface area contributed by atoms with E-state index in [4.69, 9.17) is 9.47 Å². The number of hydrogen-bond donors (Lipinski definition) is 1. The fourth-order valence-electron chi connectivity index (χ4n) is 5.06. The molecule has 2 bridgehead atoms. The van der Waals surface area contributed by atoms with E-state index in [2.05, 4.69) is 20.8 Å². The number of carbonyl (C=O) groups excluding carboxylic acids is 1. The number of carbonyl (C=O) groups is 1. The van der Waals surface area contributed by atoms with Crippen molar-refractivity contribution in [3.8, 4) is 11.5 Å². The molecule has 0 heterocycles. The van der Waals surface area contributed by atoms with Gasteiger partial charge in [-0.1, -0.05) is 20.8 Å². The van der Waals surface area contributed by atoms with Gasteiger partial charge in [-0.15, -0.1) is 0 Å². The number of benzene rings is 1. The fraction of sp³-hybridized carbons (Fsp3) is 0.632. The molecule has 126 valence electrons. The Morgan fingerprint density at radius 1 is 1.39 bits per heavy atom. The first kappa shape index (κ1) is 16.2. The van der Waals surface area contributed by atoms with Gasteiger partial charge in [0.15, 0.2) is 11.5 Å². The van der Waals surface area contributed by atoms with Crippen molar-refractivity contribution in [3.05, 3.63) is 23.8 Å². The lowest BCUT2D eigenvalue weighted by Crippen LogP contribution is -2.36. The van der Waals surface area contributed by atoms with Crippen molar-refractivity contribution in [2.45, 2.75) is 46.1 Å². The van der Waals surface area contributed by atoms with Crippen molar-refractivity contribution < 1.29 is 19.4 Å². The van der Waals surface area contributed by atoms with Crippen molar-refractivity contribution in [1.82, 2.24) is 0 Å².